The Morgan fingerprint density at radius 1 is 0.368 bits per heavy atom. The molecule has 0 saturated carbocycles. The van der Waals surface area contributed by atoms with Gasteiger partial charge in [-0.25, -0.2) is 0 Å². The van der Waals surface area contributed by atoms with Crippen LogP contribution in [-0.2, 0) is 5.41 Å². The number of benzene rings is 10. The summed E-state index contributed by atoms with van der Waals surface area (Å²) in [5.74, 6) is 0. The number of anilines is 2. The van der Waals surface area contributed by atoms with Crippen molar-refractivity contribution in [3.05, 3.63) is 210 Å². The smallest absolute Gasteiger partial charge is 0.0754 e. The summed E-state index contributed by atoms with van der Waals surface area (Å²) >= 11 is 8.62. The molecule has 10 aromatic carbocycles. The van der Waals surface area contributed by atoms with Crippen molar-refractivity contribution in [2.45, 2.75) is 10.3 Å². The summed E-state index contributed by atoms with van der Waals surface area (Å²) in [6.45, 7) is 0. The topological polar surface area (TPSA) is 12.0 Å². The van der Waals surface area contributed by atoms with Crippen LogP contribution in [0.3, 0.4) is 0 Å². The van der Waals surface area contributed by atoms with Crippen LogP contribution in [0, 0.1) is 0 Å². The van der Waals surface area contributed by atoms with Gasteiger partial charge in [0, 0.05) is 16.3 Å². The first-order valence-electron chi connectivity index (χ1n) is 19.4. The summed E-state index contributed by atoms with van der Waals surface area (Å²) in [5.41, 5.74) is 14.4. The van der Waals surface area contributed by atoms with Crippen molar-refractivity contribution in [1.82, 2.24) is 0 Å². The Bertz CT molecular complexity index is 3110. The van der Waals surface area contributed by atoms with E-state index >= 15 is 0 Å². The first-order valence-corrected chi connectivity index (χ1v) is 20.8. The second-order valence-electron chi connectivity index (χ2n) is 15.0. The third kappa shape index (κ3) is 4.80. The Hall–Kier alpha value is -6.26. The molecule has 270 valence electrons. The fraction of sp³-hybridized carbons (Fsp3) is 0.0370. The van der Waals surface area contributed by atoms with E-state index < -0.39 is 5.41 Å². The van der Waals surface area contributed by atoms with Crippen LogP contribution in [0.4, 0.5) is 11.4 Å². The lowest BCUT2D eigenvalue weighted by Crippen LogP contribution is -2.33. The average molecular weight is 764 g/mol. The molecule has 1 N–H and O–H groups in total. The zero-order valence-electron chi connectivity index (χ0n) is 31.3. The molecule has 0 saturated heterocycles. The summed E-state index contributed by atoms with van der Waals surface area (Å²) in [4.78, 5) is 1.02. The van der Waals surface area contributed by atoms with Gasteiger partial charge in [-0.1, -0.05) is 158 Å². The molecule has 0 bridgehead atoms. The van der Waals surface area contributed by atoms with Crippen molar-refractivity contribution in [2.75, 3.05) is 11.6 Å². The van der Waals surface area contributed by atoms with Crippen LogP contribution in [0.5, 0.6) is 0 Å². The zero-order chi connectivity index (χ0) is 38.3. The molecule has 1 aliphatic carbocycles. The molecule has 2 aliphatic rings. The largest absolute Gasteiger partial charge is 0.355 e. The van der Waals surface area contributed by atoms with Crippen LogP contribution < -0.4 is 5.32 Å². The Labute approximate surface area is 343 Å². The number of hydrogen-bond donors (Lipinski definition) is 3. The highest BCUT2D eigenvalue weighted by molar-refractivity contribution is 7.80. The van der Waals surface area contributed by atoms with Crippen LogP contribution in [0.2, 0.25) is 0 Å². The number of hydrogen-bond acceptors (Lipinski definition) is 3. The van der Waals surface area contributed by atoms with E-state index in [1.54, 1.807) is 6.26 Å². The highest BCUT2D eigenvalue weighted by Gasteiger charge is 2.50. The Morgan fingerprint density at radius 2 is 0.754 bits per heavy atom. The number of rotatable bonds is 2. The Morgan fingerprint density at radius 3 is 1.25 bits per heavy atom. The van der Waals surface area contributed by atoms with E-state index in [1.165, 1.54) is 98.7 Å². The van der Waals surface area contributed by atoms with E-state index in [0.29, 0.717) is 0 Å². The van der Waals surface area contributed by atoms with Gasteiger partial charge in [0.1, 0.15) is 0 Å². The van der Waals surface area contributed by atoms with Crippen LogP contribution in [-0.4, -0.2) is 6.26 Å². The molecule has 1 heterocycles. The van der Waals surface area contributed by atoms with Crippen molar-refractivity contribution in [2.24, 2.45) is 0 Å². The first kappa shape index (κ1) is 34.0. The third-order valence-electron chi connectivity index (χ3n) is 12.3. The number of nitrogens with one attached hydrogen (secondary N) is 1. The van der Waals surface area contributed by atoms with Gasteiger partial charge in [-0.15, -0.1) is 12.6 Å². The van der Waals surface area contributed by atoms with E-state index in [4.69, 9.17) is 12.6 Å². The maximum Gasteiger partial charge on any atom is 0.0754 e. The van der Waals surface area contributed by atoms with Gasteiger partial charge < -0.3 is 5.32 Å². The summed E-state index contributed by atoms with van der Waals surface area (Å²) in [6, 6.07) is 69.8. The molecule has 1 nitrogen and oxygen atoms in total. The fourth-order valence-corrected chi connectivity index (χ4v) is 10.5. The molecule has 0 atom stereocenters. The summed E-state index contributed by atoms with van der Waals surface area (Å²) in [7, 11) is 0. The number of thiol groups is 2. The highest BCUT2D eigenvalue weighted by atomic mass is 32.1. The quantitative estimate of drug-likeness (QED) is 0.118. The molecule has 1 aliphatic heterocycles. The minimum Gasteiger partial charge on any atom is -0.355 e. The minimum absolute atomic E-state index is 0.565. The van der Waals surface area contributed by atoms with Gasteiger partial charge in [0.2, 0.25) is 0 Å². The van der Waals surface area contributed by atoms with Gasteiger partial charge in [-0.05, 0) is 135 Å². The van der Waals surface area contributed by atoms with Crippen molar-refractivity contribution < 1.29 is 0 Å². The maximum atomic E-state index is 5.09. The van der Waals surface area contributed by atoms with Crippen LogP contribution in [0.1, 0.15) is 22.3 Å². The number of fused-ring (bicyclic) bond motifs is 13. The molecule has 0 fully saturated rings. The molecule has 1 spiro atoms. The van der Waals surface area contributed by atoms with E-state index in [9.17, 15) is 0 Å². The SMILES string of the molecule is CS.Sc1c2ccccc2c(-c2ccc3c(c2)C2(c4ccccc4Nc4ccccc42)c2cc(-c4c5ccccc5cc5ccccc45)ccc2-3)c2ccccc12. The molecular formula is C54H37NS2. The standard InChI is InChI=1S/C53H33NS.CH4S/c55-52-42-19-7-5-17-40(42)51(41-18-6-8-20-43(41)52)35-26-28-39-38-27-25-34(50-36-15-3-1-13-32(36)29-33-14-2-4-16-37(33)50)30-46(38)53(47(39)31-35)44-21-9-11-23-48(44)54-49-24-12-10-22-45(49)53;1-2/h1-31,54-55H;2H,1H3. The number of para-hydroxylation sites is 2. The van der Waals surface area contributed by atoms with Crippen molar-refractivity contribution in [1.29, 1.82) is 0 Å². The predicted molar refractivity (Wildman–Crippen MR) is 250 cm³/mol. The van der Waals surface area contributed by atoms with E-state index in [0.717, 1.165) is 16.3 Å². The van der Waals surface area contributed by atoms with Gasteiger partial charge >= 0.3 is 0 Å². The third-order valence-corrected chi connectivity index (χ3v) is 12.8. The van der Waals surface area contributed by atoms with Crippen LogP contribution in [0.25, 0.3) is 76.5 Å². The molecule has 3 heteroatoms. The van der Waals surface area contributed by atoms with Crippen molar-refractivity contribution in [3.63, 3.8) is 0 Å². The van der Waals surface area contributed by atoms with E-state index in [-0.39, 0.29) is 0 Å². The van der Waals surface area contributed by atoms with Gasteiger partial charge in [0.15, 0.2) is 0 Å². The second-order valence-corrected chi connectivity index (χ2v) is 15.4. The zero-order valence-corrected chi connectivity index (χ0v) is 33.1. The van der Waals surface area contributed by atoms with Gasteiger partial charge in [-0.3, -0.25) is 0 Å². The highest BCUT2D eigenvalue weighted by Crippen LogP contribution is 2.62. The lowest BCUT2D eigenvalue weighted by Gasteiger charge is -2.40. The molecule has 0 aromatic heterocycles. The average Bonchev–Trinajstić information content (AvgIpc) is 3.55. The molecule has 10 aromatic rings. The lowest BCUT2D eigenvalue weighted by molar-refractivity contribution is 0.764. The monoisotopic (exact) mass is 763 g/mol. The second kappa shape index (κ2) is 13.2. The minimum atomic E-state index is -0.565. The molecule has 57 heavy (non-hydrogen) atoms. The lowest BCUT2D eigenvalue weighted by atomic mass is 9.64. The normalized spacial score (nSPS) is 13.1. The summed E-state index contributed by atoms with van der Waals surface area (Å²) < 4.78 is 0. The molecule has 12 rings (SSSR count). The Kier molecular flexibility index (Phi) is 7.86. The molecular weight excluding hydrogens is 727 g/mol. The fourth-order valence-electron chi connectivity index (χ4n) is 10.1. The molecule has 0 radical (unpaired) electrons. The maximum absolute atomic E-state index is 5.09. The van der Waals surface area contributed by atoms with Crippen LogP contribution >= 0.6 is 25.3 Å². The first-order chi connectivity index (χ1) is 28.2. The predicted octanol–water partition coefficient (Wildman–Crippen LogP) is 14.9. The van der Waals surface area contributed by atoms with Gasteiger partial charge in [0.05, 0.1) is 5.41 Å². The molecule has 0 amide bonds. The molecule has 0 unspecified atom stereocenters. The van der Waals surface area contributed by atoms with E-state index in [1.807, 2.05) is 0 Å². The Balaban J connectivity index is 0.00000184. The van der Waals surface area contributed by atoms with Gasteiger partial charge in [0.25, 0.3) is 0 Å². The summed E-state index contributed by atoms with van der Waals surface area (Å²) in [5, 5.41) is 13.7. The summed E-state index contributed by atoms with van der Waals surface area (Å²) in [6.07, 6.45) is 1.69. The van der Waals surface area contributed by atoms with E-state index in [2.05, 4.69) is 206 Å². The van der Waals surface area contributed by atoms with Gasteiger partial charge in [-0.2, -0.15) is 12.6 Å². The van der Waals surface area contributed by atoms with Crippen molar-refractivity contribution in [3.8, 4) is 33.4 Å². The van der Waals surface area contributed by atoms with Crippen molar-refractivity contribution >= 4 is 79.7 Å². The van der Waals surface area contributed by atoms with Crippen LogP contribution in [0.15, 0.2) is 193 Å².